The van der Waals surface area contributed by atoms with Crippen LogP contribution in [0, 0.1) is 6.92 Å². The molecule has 0 aliphatic carbocycles. The molecule has 1 amide bonds. The SMILES string of the molecule is Cc1cccc(CN(C)C(=O)c2cc(N)ccc2Br)n1. The van der Waals surface area contributed by atoms with Crippen molar-refractivity contribution in [3.05, 3.63) is 57.8 Å². The molecule has 0 atom stereocenters. The van der Waals surface area contributed by atoms with Gasteiger partial charge in [-0.2, -0.15) is 0 Å². The maximum Gasteiger partial charge on any atom is 0.255 e. The summed E-state index contributed by atoms with van der Waals surface area (Å²) >= 11 is 3.38. The number of anilines is 1. The van der Waals surface area contributed by atoms with Gasteiger partial charge in [-0.05, 0) is 53.2 Å². The number of benzene rings is 1. The van der Waals surface area contributed by atoms with E-state index in [0.717, 1.165) is 15.9 Å². The Morgan fingerprint density at radius 1 is 1.35 bits per heavy atom. The molecule has 0 saturated carbocycles. The lowest BCUT2D eigenvalue weighted by Crippen LogP contribution is -2.27. The Morgan fingerprint density at radius 2 is 2.10 bits per heavy atom. The number of halogens is 1. The molecule has 0 spiro atoms. The number of pyridine rings is 1. The zero-order chi connectivity index (χ0) is 14.7. The van der Waals surface area contributed by atoms with Crippen molar-refractivity contribution in [2.24, 2.45) is 0 Å². The monoisotopic (exact) mass is 333 g/mol. The molecule has 2 aromatic rings. The number of hydrogen-bond acceptors (Lipinski definition) is 3. The van der Waals surface area contributed by atoms with Crippen molar-refractivity contribution in [2.45, 2.75) is 13.5 Å². The third-order valence-electron chi connectivity index (χ3n) is 2.91. The zero-order valence-electron chi connectivity index (χ0n) is 11.4. The summed E-state index contributed by atoms with van der Waals surface area (Å²) in [5.41, 5.74) is 8.66. The number of hydrogen-bond donors (Lipinski definition) is 1. The van der Waals surface area contributed by atoms with Gasteiger partial charge in [-0.1, -0.05) is 6.07 Å². The van der Waals surface area contributed by atoms with E-state index < -0.39 is 0 Å². The Labute approximate surface area is 126 Å². The van der Waals surface area contributed by atoms with Gasteiger partial charge in [0.25, 0.3) is 5.91 Å². The minimum Gasteiger partial charge on any atom is -0.399 e. The number of nitrogen functional groups attached to an aromatic ring is 1. The van der Waals surface area contributed by atoms with Crippen LogP contribution in [-0.4, -0.2) is 22.8 Å². The fraction of sp³-hybridized carbons (Fsp3) is 0.200. The second kappa shape index (κ2) is 6.05. The van der Waals surface area contributed by atoms with Crippen LogP contribution >= 0.6 is 15.9 Å². The van der Waals surface area contributed by atoms with Gasteiger partial charge >= 0.3 is 0 Å². The van der Waals surface area contributed by atoms with Crippen LogP contribution in [-0.2, 0) is 6.54 Å². The molecule has 1 aromatic carbocycles. The quantitative estimate of drug-likeness (QED) is 0.878. The average Bonchev–Trinajstić information content (AvgIpc) is 2.40. The molecule has 1 heterocycles. The number of aromatic nitrogens is 1. The normalized spacial score (nSPS) is 10.3. The molecule has 104 valence electrons. The summed E-state index contributed by atoms with van der Waals surface area (Å²) in [4.78, 5) is 18.4. The molecule has 0 aliphatic heterocycles. The van der Waals surface area contributed by atoms with Gasteiger partial charge < -0.3 is 10.6 Å². The first kappa shape index (κ1) is 14.5. The highest BCUT2D eigenvalue weighted by atomic mass is 79.9. The van der Waals surface area contributed by atoms with Crippen LogP contribution in [0.2, 0.25) is 0 Å². The van der Waals surface area contributed by atoms with Crippen molar-refractivity contribution in [3.8, 4) is 0 Å². The average molecular weight is 334 g/mol. The van der Waals surface area contributed by atoms with Gasteiger partial charge in [-0.15, -0.1) is 0 Å². The number of nitrogens with two attached hydrogens (primary N) is 1. The first-order valence-corrected chi connectivity index (χ1v) is 6.99. The van der Waals surface area contributed by atoms with E-state index >= 15 is 0 Å². The maximum absolute atomic E-state index is 12.4. The highest BCUT2D eigenvalue weighted by molar-refractivity contribution is 9.10. The fourth-order valence-corrected chi connectivity index (χ4v) is 2.33. The van der Waals surface area contributed by atoms with E-state index in [4.69, 9.17) is 5.73 Å². The zero-order valence-corrected chi connectivity index (χ0v) is 13.0. The fourth-order valence-electron chi connectivity index (χ4n) is 1.91. The molecular formula is C15H16BrN3O. The van der Waals surface area contributed by atoms with Crippen molar-refractivity contribution in [1.29, 1.82) is 0 Å². The predicted molar refractivity (Wildman–Crippen MR) is 83.3 cm³/mol. The summed E-state index contributed by atoms with van der Waals surface area (Å²) in [5, 5.41) is 0. The molecule has 2 rings (SSSR count). The van der Waals surface area contributed by atoms with Crippen molar-refractivity contribution in [2.75, 3.05) is 12.8 Å². The van der Waals surface area contributed by atoms with E-state index in [0.29, 0.717) is 17.8 Å². The molecule has 20 heavy (non-hydrogen) atoms. The topological polar surface area (TPSA) is 59.2 Å². The van der Waals surface area contributed by atoms with Crippen molar-refractivity contribution < 1.29 is 4.79 Å². The molecule has 2 N–H and O–H groups in total. The summed E-state index contributed by atoms with van der Waals surface area (Å²) in [7, 11) is 1.75. The lowest BCUT2D eigenvalue weighted by Gasteiger charge is -2.18. The number of amides is 1. The van der Waals surface area contributed by atoms with E-state index in [9.17, 15) is 4.79 Å². The number of carbonyl (C=O) groups excluding carboxylic acids is 1. The van der Waals surface area contributed by atoms with Crippen molar-refractivity contribution in [1.82, 2.24) is 9.88 Å². The summed E-state index contributed by atoms with van der Waals surface area (Å²) in [5.74, 6) is -0.0903. The second-order valence-electron chi connectivity index (χ2n) is 4.67. The molecule has 1 aromatic heterocycles. The molecule has 5 heteroatoms. The molecule has 0 aliphatic rings. The van der Waals surface area contributed by atoms with E-state index in [1.807, 2.05) is 25.1 Å². The summed E-state index contributed by atoms with van der Waals surface area (Å²) < 4.78 is 0.737. The minimum atomic E-state index is -0.0903. The van der Waals surface area contributed by atoms with Crippen LogP contribution in [0.25, 0.3) is 0 Å². The molecule has 4 nitrogen and oxygen atoms in total. The summed E-state index contributed by atoms with van der Waals surface area (Å²) in [6.07, 6.45) is 0. The van der Waals surface area contributed by atoms with Gasteiger partial charge in [-0.25, -0.2) is 0 Å². The second-order valence-corrected chi connectivity index (χ2v) is 5.53. The summed E-state index contributed by atoms with van der Waals surface area (Å²) in [6.45, 7) is 2.39. The Kier molecular flexibility index (Phi) is 4.39. The van der Waals surface area contributed by atoms with Gasteiger partial charge in [-0.3, -0.25) is 9.78 Å². The molecule has 0 saturated heterocycles. The lowest BCUT2D eigenvalue weighted by atomic mass is 10.1. The Morgan fingerprint density at radius 3 is 2.80 bits per heavy atom. The van der Waals surface area contributed by atoms with Crippen LogP contribution in [0.4, 0.5) is 5.69 Å². The maximum atomic E-state index is 12.4. The van der Waals surface area contributed by atoms with E-state index in [2.05, 4.69) is 20.9 Å². The van der Waals surface area contributed by atoms with Crippen LogP contribution in [0.3, 0.4) is 0 Å². The highest BCUT2D eigenvalue weighted by Crippen LogP contribution is 2.21. The third-order valence-corrected chi connectivity index (χ3v) is 3.60. The summed E-state index contributed by atoms with van der Waals surface area (Å²) in [6, 6.07) is 11.0. The molecular weight excluding hydrogens is 318 g/mol. The Hall–Kier alpha value is -1.88. The van der Waals surface area contributed by atoms with Crippen molar-refractivity contribution >= 4 is 27.5 Å². The van der Waals surface area contributed by atoms with Gasteiger partial charge in [0, 0.05) is 22.9 Å². The number of rotatable bonds is 3. The Bertz CT molecular complexity index is 643. The highest BCUT2D eigenvalue weighted by Gasteiger charge is 2.15. The first-order chi connectivity index (χ1) is 9.47. The number of nitrogens with zero attached hydrogens (tertiary/aromatic N) is 2. The molecule has 0 radical (unpaired) electrons. The molecule has 0 fully saturated rings. The van der Waals surface area contributed by atoms with Gasteiger partial charge in [0.2, 0.25) is 0 Å². The van der Waals surface area contributed by atoms with E-state index in [1.54, 1.807) is 30.1 Å². The number of aryl methyl sites for hydroxylation is 1. The predicted octanol–water partition coefficient (Wildman–Crippen LogP) is 3.01. The molecule has 0 bridgehead atoms. The molecule has 0 unspecified atom stereocenters. The first-order valence-electron chi connectivity index (χ1n) is 6.20. The Balaban J connectivity index is 2.18. The van der Waals surface area contributed by atoms with Crippen molar-refractivity contribution in [3.63, 3.8) is 0 Å². The smallest absolute Gasteiger partial charge is 0.255 e. The van der Waals surface area contributed by atoms with Gasteiger partial charge in [0.1, 0.15) is 0 Å². The third kappa shape index (κ3) is 3.36. The number of carbonyl (C=O) groups is 1. The standard InChI is InChI=1S/C15H16BrN3O/c1-10-4-3-5-12(18-10)9-19(2)15(20)13-8-11(17)6-7-14(13)16/h3-8H,9,17H2,1-2H3. The minimum absolute atomic E-state index is 0.0903. The van der Waals surface area contributed by atoms with Crippen LogP contribution in [0.15, 0.2) is 40.9 Å². The van der Waals surface area contributed by atoms with Crippen LogP contribution in [0.5, 0.6) is 0 Å². The lowest BCUT2D eigenvalue weighted by molar-refractivity contribution is 0.0782. The van der Waals surface area contributed by atoms with E-state index in [1.165, 1.54) is 0 Å². The van der Waals surface area contributed by atoms with Crippen LogP contribution < -0.4 is 5.73 Å². The van der Waals surface area contributed by atoms with E-state index in [-0.39, 0.29) is 5.91 Å². The van der Waals surface area contributed by atoms with Gasteiger partial charge in [0.05, 0.1) is 17.8 Å². The largest absolute Gasteiger partial charge is 0.399 e. The van der Waals surface area contributed by atoms with Gasteiger partial charge in [0.15, 0.2) is 0 Å². The van der Waals surface area contributed by atoms with Crippen LogP contribution in [0.1, 0.15) is 21.7 Å².